The van der Waals surface area contributed by atoms with Gasteiger partial charge in [-0.1, -0.05) is 54.6 Å². The van der Waals surface area contributed by atoms with Crippen LogP contribution in [-0.4, -0.2) is 60.4 Å². The third-order valence-electron chi connectivity index (χ3n) is 5.17. The number of hydrogen-bond acceptors (Lipinski definition) is 3. The second-order valence-corrected chi connectivity index (χ2v) is 7.21. The van der Waals surface area contributed by atoms with Crippen molar-refractivity contribution in [2.75, 3.05) is 39.8 Å². The highest BCUT2D eigenvalue weighted by Crippen LogP contribution is 2.11. The minimum absolute atomic E-state index is 0.199. The van der Waals surface area contributed by atoms with Gasteiger partial charge in [0.15, 0.2) is 0 Å². The van der Waals surface area contributed by atoms with Gasteiger partial charge in [0.1, 0.15) is 0 Å². The minimum Gasteiger partial charge on any atom is -0.340 e. The largest absolute Gasteiger partial charge is 0.340 e. The highest BCUT2D eigenvalue weighted by molar-refractivity contribution is 5.78. The molecule has 138 valence electrons. The first-order chi connectivity index (χ1) is 12.6. The van der Waals surface area contributed by atoms with Crippen molar-refractivity contribution in [3.63, 3.8) is 0 Å². The summed E-state index contributed by atoms with van der Waals surface area (Å²) in [5.74, 6) is 0.199. The number of benzene rings is 2. The molecular formula is C22H29N3O. The normalized spacial score (nSPS) is 15.8. The van der Waals surface area contributed by atoms with E-state index < -0.39 is 0 Å². The predicted molar refractivity (Wildman–Crippen MR) is 106 cm³/mol. The van der Waals surface area contributed by atoms with Crippen molar-refractivity contribution in [3.8, 4) is 0 Å². The molecule has 2 aromatic carbocycles. The van der Waals surface area contributed by atoms with E-state index in [9.17, 15) is 4.79 Å². The first-order valence-electron chi connectivity index (χ1n) is 9.39. The lowest BCUT2D eigenvalue weighted by Crippen LogP contribution is -2.49. The molecule has 0 spiro atoms. The molecule has 0 N–H and O–H groups in total. The van der Waals surface area contributed by atoms with E-state index in [1.165, 1.54) is 16.7 Å². The van der Waals surface area contributed by atoms with Crippen LogP contribution < -0.4 is 0 Å². The van der Waals surface area contributed by atoms with Crippen LogP contribution in [0, 0.1) is 6.92 Å². The molecule has 1 saturated heterocycles. The summed E-state index contributed by atoms with van der Waals surface area (Å²) < 4.78 is 0. The molecule has 1 fully saturated rings. The Kier molecular flexibility index (Phi) is 6.42. The molecule has 26 heavy (non-hydrogen) atoms. The van der Waals surface area contributed by atoms with Gasteiger partial charge in [0.25, 0.3) is 0 Å². The van der Waals surface area contributed by atoms with Gasteiger partial charge in [0, 0.05) is 46.3 Å². The topological polar surface area (TPSA) is 26.8 Å². The number of nitrogens with zero attached hydrogens (tertiary/aromatic N) is 3. The number of likely N-dealkylation sites (N-methyl/N-ethyl adjacent to an activating group) is 1. The second kappa shape index (κ2) is 8.97. The van der Waals surface area contributed by atoms with Gasteiger partial charge in [0.05, 0.1) is 6.54 Å². The van der Waals surface area contributed by atoms with Gasteiger partial charge in [0.2, 0.25) is 5.91 Å². The molecule has 2 aromatic rings. The standard InChI is InChI=1S/C22H29N3O/c1-19-8-6-7-11-21(19)17-23(2)22(26)18-25-14-12-24(13-15-25)16-20-9-4-3-5-10-20/h3-11H,12-18H2,1-2H3. The Morgan fingerprint density at radius 2 is 1.54 bits per heavy atom. The number of carbonyl (C=O) groups is 1. The van der Waals surface area contributed by atoms with Crippen molar-refractivity contribution >= 4 is 5.91 Å². The van der Waals surface area contributed by atoms with E-state index in [4.69, 9.17) is 0 Å². The van der Waals surface area contributed by atoms with Crippen molar-refractivity contribution in [1.29, 1.82) is 0 Å². The Labute approximate surface area is 157 Å². The molecule has 1 aliphatic rings. The van der Waals surface area contributed by atoms with E-state index in [1.807, 2.05) is 24.1 Å². The van der Waals surface area contributed by atoms with Crippen molar-refractivity contribution in [2.45, 2.75) is 20.0 Å². The van der Waals surface area contributed by atoms with Crippen LogP contribution in [0.25, 0.3) is 0 Å². The zero-order chi connectivity index (χ0) is 18.4. The van der Waals surface area contributed by atoms with Gasteiger partial charge >= 0.3 is 0 Å². The maximum absolute atomic E-state index is 12.6. The molecule has 4 nitrogen and oxygen atoms in total. The monoisotopic (exact) mass is 351 g/mol. The summed E-state index contributed by atoms with van der Waals surface area (Å²) in [5.41, 5.74) is 3.81. The fourth-order valence-corrected chi connectivity index (χ4v) is 3.39. The van der Waals surface area contributed by atoms with Gasteiger partial charge in [-0.3, -0.25) is 14.6 Å². The SMILES string of the molecule is Cc1ccccc1CN(C)C(=O)CN1CCN(Cc2ccccc2)CC1. The summed E-state index contributed by atoms with van der Waals surface area (Å²) in [6, 6.07) is 18.9. The third kappa shape index (κ3) is 5.16. The summed E-state index contributed by atoms with van der Waals surface area (Å²) in [7, 11) is 1.90. The van der Waals surface area contributed by atoms with E-state index in [0.717, 1.165) is 32.7 Å². The second-order valence-electron chi connectivity index (χ2n) is 7.21. The van der Waals surface area contributed by atoms with Gasteiger partial charge in [-0.15, -0.1) is 0 Å². The number of hydrogen-bond donors (Lipinski definition) is 0. The smallest absolute Gasteiger partial charge is 0.236 e. The highest BCUT2D eigenvalue weighted by atomic mass is 16.2. The quantitative estimate of drug-likeness (QED) is 0.801. The fourth-order valence-electron chi connectivity index (χ4n) is 3.39. The first-order valence-corrected chi connectivity index (χ1v) is 9.39. The Balaban J connectivity index is 1.43. The van der Waals surface area contributed by atoms with Crippen molar-refractivity contribution in [1.82, 2.24) is 14.7 Å². The molecule has 3 rings (SSSR count). The molecule has 1 amide bonds. The molecule has 0 bridgehead atoms. The van der Waals surface area contributed by atoms with Crippen LogP contribution in [0.2, 0.25) is 0 Å². The van der Waals surface area contributed by atoms with Crippen LogP contribution in [0.5, 0.6) is 0 Å². The van der Waals surface area contributed by atoms with Crippen LogP contribution >= 0.6 is 0 Å². The molecule has 0 aromatic heterocycles. The van der Waals surface area contributed by atoms with Crippen LogP contribution in [0.4, 0.5) is 0 Å². The highest BCUT2D eigenvalue weighted by Gasteiger charge is 2.20. The average Bonchev–Trinajstić information content (AvgIpc) is 2.66. The summed E-state index contributed by atoms with van der Waals surface area (Å²) in [6.45, 7) is 8.23. The summed E-state index contributed by atoms with van der Waals surface area (Å²) in [5, 5.41) is 0. The number of carbonyl (C=O) groups excluding carboxylic acids is 1. The van der Waals surface area contributed by atoms with Crippen molar-refractivity contribution in [3.05, 3.63) is 71.3 Å². The maximum Gasteiger partial charge on any atom is 0.236 e. The fraction of sp³-hybridized carbons (Fsp3) is 0.409. The Morgan fingerprint density at radius 3 is 2.23 bits per heavy atom. The third-order valence-corrected chi connectivity index (χ3v) is 5.17. The van der Waals surface area contributed by atoms with Crippen LogP contribution in [-0.2, 0) is 17.9 Å². The molecule has 0 unspecified atom stereocenters. The molecule has 1 heterocycles. The number of amides is 1. The summed E-state index contributed by atoms with van der Waals surface area (Å²) in [6.07, 6.45) is 0. The zero-order valence-electron chi connectivity index (χ0n) is 15.9. The molecule has 0 aliphatic carbocycles. The van der Waals surface area contributed by atoms with Gasteiger partial charge in [-0.05, 0) is 23.6 Å². The lowest BCUT2D eigenvalue weighted by molar-refractivity contribution is -0.132. The van der Waals surface area contributed by atoms with Gasteiger partial charge < -0.3 is 4.90 Å². The van der Waals surface area contributed by atoms with Crippen LogP contribution in [0.3, 0.4) is 0 Å². The molecule has 0 atom stereocenters. The molecule has 1 aliphatic heterocycles. The summed E-state index contributed by atoms with van der Waals surface area (Å²) in [4.78, 5) is 19.2. The first kappa shape index (κ1) is 18.6. The number of piperazine rings is 1. The molecular weight excluding hydrogens is 322 g/mol. The van der Waals surface area contributed by atoms with Crippen LogP contribution in [0.15, 0.2) is 54.6 Å². The Morgan fingerprint density at radius 1 is 0.923 bits per heavy atom. The Hall–Kier alpha value is -2.17. The lowest BCUT2D eigenvalue weighted by atomic mass is 10.1. The van der Waals surface area contributed by atoms with Crippen molar-refractivity contribution < 1.29 is 4.79 Å². The number of rotatable bonds is 6. The average molecular weight is 351 g/mol. The zero-order valence-corrected chi connectivity index (χ0v) is 15.9. The van der Waals surface area contributed by atoms with E-state index in [1.54, 1.807) is 0 Å². The maximum atomic E-state index is 12.6. The molecule has 0 radical (unpaired) electrons. The Bertz CT molecular complexity index is 708. The van der Waals surface area contributed by atoms with Gasteiger partial charge in [-0.25, -0.2) is 0 Å². The van der Waals surface area contributed by atoms with E-state index in [-0.39, 0.29) is 5.91 Å². The van der Waals surface area contributed by atoms with E-state index in [0.29, 0.717) is 13.1 Å². The molecule has 0 saturated carbocycles. The van der Waals surface area contributed by atoms with E-state index in [2.05, 4.69) is 59.2 Å². The lowest BCUT2D eigenvalue weighted by Gasteiger charge is -2.35. The van der Waals surface area contributed by atoms with Crippen molar-refractivity contribution in [2.24, 2.45) is 0 Å². The summed E-state index contributed by atoms with van der Waals surface area (Å²) >= 11 is 0. The predicted octanol–water partition coefficient (Wildman–Crippen LogP) is 2.77. The van der Waals surface area contributed by atoms with Gasteiger partial charge in [-0.2, -0.15) is 0 Å². The van der Waals surface area contributed by atoms with E-state index >= 15 is 0 Å². The number of aryl methyl sites for hydroxylation is 1. The molecule has 4 heteroatoms. The van der Waals surface area contributed by atoms with Crippen LogP contribution in [0.1, 0.15) is 16.7 Å². The minimum atomic E-state index is 0.199.